The van der Waals surface area contributed by atoms with Crippen LogP contribution in [0.5, 0.6) is 0 Å². The number of allylic oxidation sites excluding steroid dienone is 2. The van der Waals surface area contributed by atoms with Crippen LogP contribution in [-0.2, 0) is 9.53 Å². The number of unbranched alkanes of at least 4 members (excludes halogenated alkanes) is 12. The Kier molecular flexibility index (Phi) is 12.5. The Morgan fingerprint density at radius 2 is 1.33 bits per heavy atom. The predicted molar refractivity (Wildman–Crippen MR) is 103 cm³/mol. The van der Waals surface area contributed by atoms with Gasteiger partial charge in [-0.25, -0.2) is 0 Å². The number of ether oxygens (including phenoxy) is 1. The zero-order valence-electron chi connectivity index (χ0n) is 15.9. The van der Waals surface area contributed by atoms with E-state index < -0.39 is 0 Å². The minimum Gasteiger partial charge on any atom is -0.430 e. The molecule has 0 N–H and O–H groups in total. The van der Waals surface area contributed by atoms with Crippen molar-refractivity contribution < 1.29 is 9.53 Å². The van der Waals surface area contributed by atoms with Crippen LogP contribution in [0.4, 0.5) is 0 Å². The van der Waals surface area contributed by atoms with Crippen molar-refractivity contribution in [1.29, 1.82) is 0 Å². The fourth-order valence-corrected chi connectivity index (χ4v) is 3.22. The second-order valence-corrected chi connectivity index (χ2v) is 7.17. The average molecular weight is 335 g/mol. The second kappa shape index (κ2) is 14.3. The highest BCUT2D eigenvalue weighted by Gasteiger charge is 2.34. The molecule has 0 aromatic rings. The first kappa shape index (κ1) is 21.0. The Morgan fingerprint density at radius 3 is 1.83 bits per heavy atom. The number of esters is 1. The first-order chi connectivity index (χ1) is 11.8. The molecule has 1 aliphatic rings. The van der Waals surface area contributed by atoms with E-state index in [1.165, 1.54) is 83.5 Å². The van der Waals surface area contributed by atoms with E-state index in [1.54, 1.807) is 0 Å². The van der Waals surface area contributed by atoms with Gasteiger partial charge in [-0.2, -0.15) is 0 Å². The molecule has 138 valence electrons. The maximum Gasteiger partial charge on any atom is 0.321 e. The van der Waals surface area contributed by atoms with E-state index in [4.69, 9.17) is 4.74 Å². The van der Waals surface area contributed by atoms with Crippen molar-refractivity contribution >= 4 is 5.97 Å². The van der Waals surface area contributed by atoms with E-state index in [2.05, 4.69) is 25.7 Å². The van der Waals surface area contributed by atoms with E-state index in [1.807, 2.05) is 0 Å². The van der Waals surface area contributed by atoms with Gasteiger partial charge < -0.3 is 4.74 Å². The zero-order valence-corrected chi connectivity index (χ0v) is 15.9. The fourth-order valence-electron chi connectivity index (χ4n) is 3.22. The molecular weight excluding hydrogens is 296 g/mol. The molecule has 0 radical (unpaired) electrons. The summed E-state index contributed by atoms with van der Waals surface area (Å²) in [7, 11) is 0. The summed E-state index contributed by atoms with van der Waals surface area (Å²) in [6.45, 7) is 6.01. The van der Waals surface area contributed by atoms with Crippen molar-refractivity contribution in [2.45, 2.75) is 103 Å². The lowest BCUT2D eigenvalue weighted by Gasteiger charge is -2.26. The molecule has 0 aromatic heterocycles. The Bertz CT molecular complexity index is 356. The van der Waals surface area contributed by atoms with Crippen LogP contribution in [0.1, 0.15) is 103 Å². The monoisotopic (exact) mass is 334 g/mol. The molecule has 1 atom stereocenters. The van der Waals surface area contributed by atoms with Crippen molar-refractivity contribution in [2.24, 2.45) is 5.92 Å². The molecule has 1 fully saturated rings. The van der Waals surface area contributed by atoms with Gasteiger partial charge in [-0.15, -0.1) is 0 Å². The van der Waals surface area contributed by atoms with Gasteiger partial charge in [0.1, 0.15) is 11.7 Å². The molecule has 0 spiro atoms. The highest BCUT2D eigenvalue weighted by atomic mass is 16.6. The third kappa shape index (κ3) is 9.95. The minimum absolute atomic E-state index is 0.00165. The minimum atomic E-state index is -0.0762. The number of hydrogen-bond acceptors (Lipinski definition) is 2. The van der Waals surface area contributed by atoms with Crippen LogP contribution in [-0.4, -0.2) is 5.97 Å². The Morgan fingerprint density at radius 1 is 0.833 bits per heavy atom. The summed E-state index contributed by atoms with van der Waals surface area (Å²) in [5, 5.41) is 0. The van der Waals surface area contributed by atoms with Crippen LogP contribution in [0, 0.1) is 5.92 Å². The molecule has 1 heterocycles. The highest BCUT2D eigenvalue weighted by Crippen LogP contribution is 2.29. The predicted octanol–water partition coefficient (Wildman–Crippen LogP) is 7.10. The number of cyclic esters (lactones) is 1. The summed E-state index contributed by atoms with van der Waals surface area (Å²) >= 11 is 0. The molecule has 0 amide bonds. The van der Waals surface area contributed by atoms with Gasteiger partial charge in [0.05, 0.1) is 0 Å². The van der Waals surface area contributed by atoms with Gasteiger partial charge in [-0.05, 0) is 32.1 Å². The van der Waals surface area contributed by atoms with Gasteiger partial charge in [0.15, 0.2) is 0 Å². The van der Waals surface area contributed by atoms with Crippen LogP contribution in [0.25, 0.3) is 0 Å². The standard InChI is InChI=1S/C22H38O2/c1-3-4-5-6-7-8-9-10-11-12-13-14-15-16-17-18-19-21-20(2)24-22(21)23/h10-11,21H,2-9,12-19H2,1H3/b11-10-. The molecule has 1 saturated heterocycles. The summed E-state index contributed by atoms with van der Waals surface area (Å²) in [6, 6.07) is 0. The first-order valence-corrected chi connectivity index (χ1v) is 10.3. The van der Waals surface area contributed by atoms with Crippen molar-refractivity contribution in [2.75, 3.05) is 0 Å². The average Bonchev–Trinajstić information content (AvgIpc) is 2.57. The number of rotatable bonds is 16. The maximum atomic E-state index is 11.1. The maximum absolute atomic E-state index is 11.1. The quantitative estimate of drug-likeness (QED) is 0.171. The smallest absolute Gasteiger partial charge is 0.321 e. The van der Waals surface area contributed by atoms with E-state index in [-0.39, 0.29) is 11.9 Å². The molecule has 1 unspecified atom stereocenters. The summed E-state index contributed by atoms with van der Waals surface area (Å²) < 4.78 is 4.79. The van der Waals surface area contributed by atoms with Gasteiger partial charge in [-0.1, -0.05) is 89.9 Å². The lowest BCUT2D eigenvalue weighted by atomic mass is 9.95. The van der Waals surface area contributed by atoms with Crippen molar-refractivity contribution in [3.05, 3.63) is 24.5 Å². The molecule has 2 nitrogen and oxygen atoms in total. The third-order valence-corrected chi connectivity index (χ3v) is 4.91. The van der Waals surface area contributed by atoms with E-state index in [9.17, 15) is 4.79 Å². The lowest BCUT2D eigenvalue weighted by Crippen LogP contribution is -2.31. The van der Waals surface area contributed by atoms with Crippen molar-refractivity contribution in [1.82, 2.24) is 0 Å². The Hall–Kier alpha value is -1.05. The number of carbonyl (C=O) groups excluding carboxylic acids is 1. The van der Waals surface area contributed by atoms with Crippen LogP contribution >= 0.6 is 0 Å². The molecule has 0 aromatic carbocycles. The molecule has 0 saturated carbocycles. The largest absolute Gasteiger partial charge is 0.430 e. The lowest BCUT2D eigenvalue weighted by molar-refractivity contribution is -0.157. The van der Waals surface area contributed by atoms with Crippen LogP contribution in [0.15, 0.2) is 24.5 Å². The SMILES string of the molecule is C=C1OC(=O)C1CCCCCCCC/C=C\CCCCCCCC. The van der Waals surface area contributed by atoms with Crippen molar-refractivity contribution in [3.8, 4) is 0 Å². The molecule has 2 heteroatoms. The normalized spacial score (nSPS) is 17.3. The number of carbonyl (C=O) groups is 1. The summed E-state index contributed by atoms with van der Waals surface area (Å²) in [4.78, 5) is 11.1. The van der Waals surface area contributed by atoms with Gasteiger partial charge >= 0.3 is 5.97 Å². The topological polar surface area (TPSA) is 26.3 Å². The highest BCUT2D eigenvalue weighted by molar-refractivity contribution is 5.82. The van der Waals surface area contributed by atoms with E-state index in [0.29, 0.717) is 5.76 Å². The van der Waals surface area contributed by atoms with Crippen LogP contribution in [0.2, 0.25) is 0 Å². The zero-order chi connectivity index (χ0) is 17.5. The molecule has 1 rings (SSSR count). The molecule has 1 aliphatic heterocycles. The van der Waals surface area contributed by atoms with Gasteiger partial charge in [0.2, 0.25) is 0 Å². The van der Waals surface area contributed by atoms with E-state index >= 15 is 0 Å². The third-order valence-electron chi connectivity index (χ3n) is 4.91. The van der Waals surface area contributed by atoms with Crippen molar-refractivity contribution in [3.63, 3.8) is 0 Å². The first-order valence-electron chi connectivity index (χ1n) is 10.3. The number of hydrogen-bond donors (Lipinski definition) is 0. The second-order valence-electron chi connectivity index (χ2n) is 7.17. The van der Waals surface area contributed by atoms with Gasteiger partial charge in [0.25, 0.3) is 0 Å². The van der Waals surface area contributed by atoms with Gasteiger partial charge in [-0.3, -0.25) is 4.79 Å². The summed E-state index contributed by atoms with van der Waals surface area (Å²) in [5.74, 6) is 0.599. The van der Waals surface area contributed by atoms with E-state index in [0.717, 1.165) is 12.8 Å². The summed E-state index contributed by atoms with van der Waals surface area (Å²) in [6.07, 6.45) is 24.1. The van der Waals surface area contributed by atoms with Crippen LogP contribution in [0.3, 0.4) is 0 Å². The molecule has 24 heavy (non-hydrogen) atoms. The Labute approximate surface area is 149 Å². The Balaban J connectivity index is 1.75. The van der Waals surface area contributed by atoms with Crippen LogP contribution < -0.4 is 0 Å². The molecule has 0 aliphatic carbocycles. The molecule has 0 bridgehead atoms. The fraction of sp³-hybridized carbons (Fsp3) is 0.773. The summed E-state index contributed by atoms with van der Waals surface area (Å²) in [5.41, 5.74) is 0. The molecular formula is C22H38O2. The van der Waals surface area contributed by atoms with Gasteiger partial charge in [0, 0.05) is 0 Å².